The van der Waals surface area contributed by atoms with Crippen molar-refractivity contribution in [1.29, 1.82) is 0 Å². The maximum absolute atomic E-state index is 12.6. The average Bonchev–Trinajstić information content (AvgIpc) is 3.63. The number of esters is 1. The van der Waals surface area contributed by atoms with Crippen molar-refractivity contribution in [3.63, 3.8) is 0 Å². The standard InChI is InChI=1S/C34H37N3O7/c1-7-9-26-18-25(19-31(40-6)32(26)43-24(5)34(39)41-8-2)20-35-36-33(38)30-17-16-29(44-30)21-42-28-14-12-27(13-15-28)37-22(3)10-11-23(37)4/h7,10-20,24H,1,8-9,21H2,2-6H3,(H,36,38)/b35-20+/t24-/m1/s1. The van der Waals surface area contributed by atoms with Gasteiger partial charge in [0.15, 0.2) is 23.4 Å². The Balaban J connectivity index is 1.36. The second kappa shape index (κ2) is 14.8. The highest BCUT2D eigenvalue weighted by Crippen LogP contribution is 2.34. The maximum atomic E-state index is 12.6. The van der Waals surface area contributed by atoms with E-state index >= 15 is 0 Å². The molecule has 10 heteroatoms. The third kappa shape index (κ3) is 7.77. The van der Waals surface area contributed by atoms with E-state index in [1.54, 1.807) is 38.1 Å². The lowest BCUT2D eigenvalue weighted by molar-refractivity contribution is -0.150. The van der Waals surface area contributed by atoms with E-state index in [0.29, 0.717) is 35.0 Å². The first-order valence-corrected chi connectivity index (χ1v) is 14.2. The molecule has 10 nitrogen and oxygen atoms in total. The van der Waals surface area contributed by atoms with Crippen molar-refractivity contribution in [2.24, 2.45) is 5.10 Å². The molecule has 2 aromatic heterocycles. The van der Waals surface area contributed by atoms with Gasteiger partial charge in [-0.15, -0.1) is 6.58 Å². The summed E-state index contributed by atoms with van der Waals surface area (Å²) in [7, 11) is 1.50. The number of hydrogen-bond acceptors (Lipinski definition) is 8. The number of amides is 1. The van der Waals surface area contributed by atoms with Gasteiger partial charge in [0.25, 0.3) is 0 Å². The first-order chi connectivity index (χ1) is 21.2. The van der Waals surface area contributed by atoms with E-state index in [1.165, 1.54) is 13.3 Å². The summed E-state index contributed by atoms with van der Waals surface area (Å²) in [6.07, 6.45) is 2.79. The minimum absolute atomic E-state index is 0.0938. The van der Waals surface area contributed by atoms with Crippen LogP contribution in [0.1, 0.15) is 52.7 Å². The molecule has 0 aliphatic rings. The lowest BCUT2D eigenvalue weighted by Gasteiger charge is -2.19. The molecular weight excluding hydrogens is 562 g/mol. The number of aromatic nitrogens is 1. The van der Waals surface area contributed by atoms with Crippen LogP contribution in [0.3, 0.4) is 0 Å². The zero-order valence-corrected chi connectivity index (χ0v) is 25.6. The molecule has 0 fully saturated rings. The van der Waals surface area contributed by atoms with Crippen molar-refractivity contribution in [1.82, 2.24) is 9.99 Å². The molecule has 1 atom stereocenters. The molecule has 0 bridgehead atoms. The van der Waals surface area contributed by atoms with E-state index < -0.39 is 18.0 Å². The molecule has 0 spiro atoms. The van der Waals surface area contributed by atoms with Crippen molar-refractivity contribution in [3.8, 4) is 22.9 Å². The Bertz CT molecular complexity index is 1610. The number of methoxy groups -OCH3 is 1. The van der Waals surface area contributed by atoms with Gasteiger partial charge in [0.2, 0.25) is 0 Å². The summed E-state index contributed by atoms with van der Waals surface area (Å²) in [5, 5.41) is 4.07. The molecule has 0 unspecified atom stereocenters. The van der Waals surface area contributed by atoms with Gasteiger partial charge in [-0.2, -0.15) is 5.10 Å². The van der Waals surface area contributed by atoms with Gasteiger partial charge in [0.1, 0.15) is 18.1 Å². The number of hydrazone groups is 1. The molecule has 230 valence electrons. The van der Waals surface area contributed by atoms with Gasteiger partial charge in [0, 0.05) is 22.6 Å². The van der Waals surface area contributed by atoms with Crippen LogP contribution in [0.2, 0.25) is 0 Å². The largest absolute Gasteiger partial charge is 0.493 e. The fourth-order valence-corrected chi connectivity index (χ4v) is 4.55. The second-order valence-electron chi connectivity index (χ2n) is 9.92. The van der Waals surface area contributed by atoms with Gasteiger partial charge >= 0.3 is 11.9 Å². The minimum Gasteiger partial charge on any atom is -0.493 e. The van der Waals surface area contributed by atoms with Crippen LogP contribution < -0.4 is 19.6 Å². The van der Waals surface area contributed by atoms with E-state index in [0.717, 1.165) is 22.6 Å². The van der Waals surface area contributed by atoms with Gasteiger partial charge in [-0.25, -0.2) is 10.2 Å². The summed E-state index contributed by atoms with van der Waals surface area (Å²) in [4.78, 5) is 24.7. The third-order valence-electron chi connectivity index (χ3n) is 6.66. The Kier molecular flexibility index (Phi) is 10.6. The Morgan fingerprint density at radius 1 is 1.07 bits per heavy atom. The van der Waals surface area contributed by atoms with E-state index in [4.69, 9.17) is 23.4 Å². The van der Waals surface area contributed by atoms with Gasteiger partial charge in [-0.3, -0.25) is 4.79 Å². The van der Waals surface area contributed by atoms with Gasteiger partial charge < -0.3 is 27.9 Å². The summed E-state index contributed by atoms with van der Waals surface area (Å²) >= 11 is 0. The second-order valence-corrected chi connectivity index (χ2v) is 9.92. The monoisotopic (exact) mass is 599 g/mol. The van der Waals surface area contributed by atoms with Crippen molar-refractivity contribution in [2.45, 2.75) is 46.8 Å². The first kappa shape index (κ1) is 31.7. The van der Waals surface area contributed by atoms with Crippen molar-refractivity contribution >= 4 is 18.1 Å². The normalized spacial score (nSPS) is 11.7. The van der Waals surface area contributed by atoms with Gasteiger partial charge in [-0.1, -0.05) is 6.08 Å². The average molecular weight is 600 g/mol. The Morgan fingerprint density at radius 2 is 1.80 bits per heavy atom. The molecule has 2 heterocycles. The molecule has 4 rings (SSSR count). The number of ether oxygens (including phenoxy) is 4. The molecule has 1 amide bonds. The molecule has 2 aromatic carbocycles. The zero-order valence-electron chi connectivity index (χ0n) is 25.6. The summed E-state index contributed by atoms with van der Waals surface area (Å²) in [6.45, 7) is 11.7. The van der Waals surface area contributed by atoms with Gasteiger partial charge in [0.05, 0.1) is 19.9 Å². The third-order valence-corrected chi connectivity index (χ3v) is 6.66. The maximum Gasteiger partial charge on any atom is 0.347 e. The lowest BCUT2D eigenvalue weighted by atomic mass is 10.1. The highest BCUT2D eigenvalue weighted by Gasteiger charge is 2.21. The predicted octanol–water partition coefficient (Wildman–Crippen LogP) is 6.10. The smallest absolute Gasteiger partial charge is 0.347 e. The predicted molar refractivity (Wildman–Crippen MR) is 167 cm³/mol. The zero-order chi connectivity index (χ0) is 31.6. The number of furan rings is 1. The number of aryl methyl sites for hydroxylation is 2. The van der Waals surface area contributed by atoms with E-state index in [9.17, 15) is 9.59 Å². The highest BCUT2D eigenvalue weighted by molar-refractivity contribution is 5.92. The fraction of sp³-hybridized carbons (Fsp3) is 0.265. The number of nitrogens with one attached hydrogen (secondary N) is 1. The molecular formula is C34H37N3O7. The number of rotatable bonds is 14. The van der Waals surface area contributed by atoms with Crippen molar-refractivity contribution in [2.75, 3.05) is 13.7 Å². The Labute approximate surface area is 256 Å². The van der Waals surface area contributed by atoms with E-state index in [1.807, 2.05) is 30.3 Å². The number of carbonyl (C=O) groups is 2. The van der Waals surface area contributed by atoms with Crippen LogP contribution in [0.4, 0.5) is 0 Å². The van der Waals surface area contributed by atoms with E-state index in [2.05, 4.69) is 47.7 Å². The number of allylic oxidation sites excluding steroid dienone is 1. The van der Waals surface area contributed by atoms with Crippen LogP contribution >= 0.6 is 0 Å². The molecule has 1 N–H and O–H groups in total. The molecule has 0 aliphatic carbocycles. The van der Waals surface area contributed by atoms with Crippen molar-refractivity contribution in [3.05, 3.63) is 107 Å². The first-order valence-electron chi connectivity index (χ1n) is 14.2. The lowest BCUT2D eigenvalue weighted by Crippen LogP contribution is -2.26. The molecule has 4 aromatic rings. The SMILES string of the molecule is C=CCc1cc(/C=N/NC(=O)c2ccc(COc3ccc(-n4c(C)ccc4C)cc3)o2)cc(OC)c1O[C@H](C)C(=O)OCC. The van der Waals surface area contributed by atoms with Crippen LogP contribution in [-0.4, -0.2) is 42.5 Å². The minimum atomic E-state index is -0.834. The number of nitrogens with zero attached hydrogens (tertiary/aromatic N) is 2. The summed E-state index contributed by atoms with van der Waals surface area (Å²) in [6, 6.07) is 18.7. The van der Waals surface area contributed by atoms with Crippen LogP contribution in [0.5, 0.6) is 17.2 Å². The topological polar surface area (TPSA) is 114 Å². The molecule has 0 radical (unpaired) electrons. The Hall–Kier alpha value is -5.25. The summed E-state index contributed by atoms with van der Waals surface area (Å²) in [5.41, 5.74) is 7.20. The molecule has 0 aliphatic heterocycles. The molecule has 44 heavy (non-hydrogen) atoms. The summed E-state index contributed by atoms with van der Waals surface area (Å²) in [5.74, 6) is 1.07. The van der Waals surface area contributed by atoms with Crippen molar-refractivity contribution < 1.29 is 33.0 Å². The van der Waals surface area contributed by atoms with Crippen LogP contribution in [0.25, 0.3) is 5.69 Å². The number of hydrogen-bond donors (Lipinski definition) is 1. The summed E-state index contributed by atoms with van der Waals surface area (Å²) < 4.78 is 30.1. The van der Waals surface area contributed by atoms with E-state index in [-0.39, 0.29) is 19.0 Å². The Morgan fingerprint density at radius 3 is 2.45 bits per heavy atom. The molecule has 0 saturated carbocycles. The molecule has 0 saturated heterocycles. The van der Waals surface area contributed by atoms with Gasteiger partial charge in [-0.05, 0) is 100 Å². The van der Waals surface area contributed by atoms with Crippen LogP contribution in [-0.2, 0) is 22.6 Å². The number of benzene rings is 2. The quantitative estimate of drug-likeness (QED) is 0.0807. The highest BCUT2D eigenvalue weighted by atomic mass is 16.6. The van der Waals surface area contributed by atoms with Crippen LogP contribution in [0.15, 0.2) is 82.8 Å². The fourth-order valence-electron chi connectivity index (χ4n) is 4.55. The van der Waals surface area contributed by atoms with Crippen LogP contribution in [0, 0.1) is 13.8 Å². The number of carbonyl (C=O) groups excluding carboxylic acids is 2.